The Kier molecular flexibility index (Phi) is 6.20. The van der Waals surface area contributed by atoms with Crippen LogP contribution in [-0.4, -0.2) is 30.0 Å². The van der Waals surface area contributed by atoms with Crippen LogP contribution in [0.25, 0.3) is 0 Å². The fourth-order valence-electron chi connectivity index (χ4n) is 2.62. The average molecular weight is 445 g/mol. The first kappa shape index (κ1) is 19.8. The number of rotatable bonds is 6. The molecule has 0 aliphatic rings. The summed E-state index contributed by atoms with van der Waals surface area (Å²) in [4.78, 5) is 12.4. The second kappa shape index (κ2) is 8.79. The Hall–Kier alpha value is -3.00. The van der Waals surface area contributed by atoms with E-state index in [-0.39, 0.29) is 0 Å². The van der Waals surface area contributed by atoms with Gasteiger partial charge in [0, 0.05) is 12.3 Å². The second-order valence-corrected chi connectivity index (χ2v) is 7.01. The number of aryl methyl sites for hydroxylation is 1. The standard InChI is InChI=1S/C20H21BrN4O3/c1-13-4-6-14(7-5-13)11-25-12-16(21)19(24-25)23-20(26)22-17-10-15(27-2)8-9-18(17)28-3/h4-10,12H,11H2,1-3H3,(H2,22,23,24,26). The maximum absolute atomic E-state index is 12.4. The first-order valence-electron chi connectivity index (χ1n) is 8.57. The summed E-state index contributed by atoms with van der Waals surface area (Å²) in [5, 5.41) is 9.92. The van der Waals surface area contributed by atoms with Crippen LogP contribution in [0.15, 0.2) is 53.1 Å². The minimum Gasteiger partial charge on any atom is -0.497 e. The van der Waals surface area contributed by atoms with Crippen LogP contribution in [0.2, 0.25) is 0 Å². The van der Waals surface area contributed by atoms with Gasteiger partial charge in [0.15, 0.2) is 5.82 Å². The number of halogens is 1. The Morgan fingerprint density at radius 1 is 1.11 bits per heavy atom. The van der Waals surface area contributed by atoms with Crippen molar-refractivity contribution in [2.75, 3.05) is 24.9 Å². The number of methoxy groups -OCH3 is 2. The van der Waals surface area contributed by atoms with Crippen LogP contribution in [0.4, 0.5) is 16.3 Å². The predicted octanol–water partition coefficient (Wildman–Crippen LogP) is 4.66. The Morgan fingerprint density at radius 3 is 2.54 bits per heavy atom. The Morgan fingerprint density at radius 2 is 1.86 bits per heavy atom. The van der Waals surface area contributed by atoms with Crippen LogP contribution in [0.3, 0.4) is 0 Å². The van der Waals surface area contributed by atoms with Crippen molar-refractivity contribution in [1.82, 2.24) is 9.78 Å². The topological polar surface area (TPSA) is 77.4 Å². The first-order chi connectivity index (χ1) is 13.5. The molecule has 1 heterocycles. The highest BCUT2D eigenvalue weighted by Crippen LogP contribution is 2.29. The normalized spacial score (nSPS) is 10.4. The molecule has 0 spiro atoms. The van der Waals surface area contributed by atoms with Crippen molar-refractivity contribution in [2.45, 2.75) is 13.5 Å². The highest BCUT2D eigenvalue weighted by molar-refractivity contribution is 9.10. The monoisotopic (exact) mass is 444 g/mol. The van der Waals surface area contributed by atoms with E-state index in [4.69, 9.17) is 9.47 Å². The van der Waals surface area contributed by atoms with E-state index >= 15 is 0 Å². The van der Waals surface area contributed by atoms with Crippen molar-refractivity contribution < 1.29 is 14.3 Å². The summed E-state index contributed by atoms with van der Waals surface area (Å²) in [5.74, 6) is 1.56. The summed E-state index contributed by atoms with van der Waals surface area (Å²) in [5.41, 5.74) is 2.82. The molecule has 2 aromatic carbocycles. The molecule has 7 nitrogen and oxygen atoms in total. The van der Waals surface area contributed by atoms with E-state index in [1.54, 1.807) is 30.0 Å². The fraction of sp³-hybridized carbons (Fsp3) is 0.200. The van der Waals surface area contributed by atoms with E-state index in [1.165, 1.54) is 12.7 Å². The minimum atomic E-state index is -0.437. The lowest BCUT2D eigenvalue weighted by atomic mass is 10.1. The van der Waals surface area contributed by atoms with Crippen molar-refractivity contribution in [1.29, 1.82) is 0 Å². The molecule has 0 fully saturated rings. The highest BCUT2D eigenvalue weighted by Gasteiger charge is 2.13. The molecule has 8 heteroatoms. The number of hydrogen-bond acceptors (Lipinski definition) is 4. The van der Waals surface area contributed by atoms with Gasteiger partial charge >= 0.3 is 6.03 Å². The predicted molar refractivity (Wildman–Crippen MR) is 112 cm³/mol. The van der Waals surface area contributed by atoms with Gasteiger partial charge in [-0.2, -0.15) is 5.10 Å². The molecule has 3 aromatic rings. The van der Waals surface area contributed by atoms with Crippen molar-refractivity contribution >= 4 is 33.5 Å². The number of nitrogens with zero attached hydrogens (tertiary/aromatic N) is 2. The van der Waals surface area contributed by atoms with Gasteiger partial charge in [0.25, 0.3) is 0 Å². The molecule has 0 radical (unpaired) electrons. The van der Waals surface area contributed by atoms with Crippen LogP contribution in [0.1, 0.15) is 11.1 Å². The lowest BCUT2D eigenvalue weighted by Crippen LogP contribution is -2.20. The quantitative estimate of drug-likeness (QED) is 0.579. The van der Waals surface area contributed by atoms with E-state index in [0.717, 1.165) is 5.56 Å². The molecule has 3 rings (SSSR count). The van der Waals surface area contributed by atoms with Gasteiger partial charge in [-0.3, -0.25) is 10.00 Å². The van der Waals surface area contributed by atoms with Crippen molar-refractivity contribution in [2.24, 2.45) is 0 Å². The number of nitrogens with one attached hydrogen (secondary N) is 2. The Balaban J connectivity index is 1.69. The number of carbonyl (C=O) groups excluding carboxylic acids is 1. The summed E-state index contributed by atoms with van der Waals surface area (Å²) in [6, 6.07) is 13.0. The third kappa shape index (κ3) is 4.83. The third-order valence-corrected chi connectivity index (χ3v) is 4.65. The number of ether oxygens (including phenoxy) is 2. The average Bonchev–Trinajstić information content (AvgIpc) is 3.02. The van der Waals surface area contributed by atoms with Crippen LogP contribution in [-0.2, 0) is 6.54 Å². The SMILES string of the molecule is COc1ccc(OC)c(NC(=O)Nc2nn(Cc3ccc(C)cc3)cc2Br)c1. The smallest absolute Gasteiger partial charge is 0.325 e. The maximum Gasteiger partial charge on any atom is 0.325 e. The molecule has 0 atom stereocenters. The van der Waals surface area contributed by atoms with Crippen molar-refractivity contribution in [3.8, 4) is 11.5 Å². The molecule has 2 amide bonds. The first-order valence-corrected chi connectivity index (χ1v) is 9.36. The molecule has 2 N–H and O–H groups in total. The number of benzene rings is 2. The van der Waals surface area contributed by atoms with Gasteiger partial charge in [0.05, 0.1) is 30.9 Å². The van der Waals surface area contributed by atoms with Crippen molar-refractivity contribution in [3.63, 3.8) is 0 Å². The molecule has 0 aliphatic carbocycles. The minimum absolute atomic E-state index is 0.423. The molecular weight excluding hydrogens is 424 g/mol. The zero-order chi connectivity index (χ0) is 20.1. The van der Waals surface area contributed by atoms with Gasteiger partial charge < -0.3 is 14.8 Å². The van der Waals surface area contributed by atoms with E-state index in [2.05, 4.69) is 55.9 Å². The highest BCUT2D eigenvalue weighted by atomic mass is 79.9. The van der Waals surface area contributed by atoms with Crippen LogP contribution in [0, 0.1) is 6.92 Å². The zero-order valence-electron chi connectivity index (χ0n) is 15.8. The number of aromatic nitrogens is 2. The van der Waals surface area contributed by atoms with Crippen LogP contribution >= 0.6 is 15.9 Å². The summed E-state index contributed by atoms with van der Waals surface area (Å²) >= 11 is 3.44. The van der Waals surface area contributed by atoms with E-state index in [0.29, 0.717) is 34.0 Å². The molecule has 28 heavy (non-hydrogen) atoms. The second-order valence-electron chi connectivity index (χ2n) is 6.15. The number of urea groups is 1. The molecule has 0 saturated carbocycles. The molecule has 146 valence electrons. The van der Waals surface area contributed by atoms with Crippen molar-refractivity contribution in [3.05, 3.63) is 64.3 Å². The van der Waals surface area contributed by atoms with E-state index < -0.39 is 6.03 Å². The number of anilines is 2. The van der Waals surface area contributed by atoms with Gasteiger partial charge in [0.2, 0.25) is 0 Å². The summed E-state index contributed by atoms with van der Waals surface area (Å²) in [6.45, 7) is 2.65. The largest absolute Gasteiger partial charge is 0.497 e. The fourth-order valence-corrected chi connectivity index (χ4v) is 3.03. The Labute approximate surface area is 171 Å². The zero-order valence-corrected chi connectivity index (χ0v) is 17.4. The molecule has 1 aromatic heterocycles. The maximum atomic E-state index is 12.4. The summed E-state index contributed by atoms with van der Waals surface area (Å²) < 4.78 is 12.9. The van der Waals surface area contributed by atoms with E-state index in [9.17, 15) is 4.79 Å². The number of hydrogen-bond donors (Lipinski definition) is 2. The lowest BCUT2D eigenvalue weighted by Gasteiger charge is -2.12. The van der Waals surface area contributed by atoms with E-state index in [1.807, 2.05) is 13.1 Å². The molecular formula is C20H21BrN4O3. The van der Waals surface area contributed by atoms with Crippen LogP contribution < -0.4 is 20.1 Å². The molecule has 0 saturated heterocycles. The third-order valence-electron chi connectivity index (χ3n) is 4.07. The number of amides is 2. The Bertz CT molecular complexity index is 970. The van der Waals surface area contributed by atoms with Gasteiger partial charge in [-0.1, -0.05) is 29.8 Å². The molecule has 0 unspecified atom stereocenters. The number of carbonyl (C=O) groups is 1. The van der Waals surface area contributed by atoms with Gasteiger partial charge in [-0.05, 0) is 40.5 Å². The lowest BCUT2D eigenvalue weighted by molar-refractivity contribution is 0.262. The molecule has 0 aliphatic heterocycles. The van der Waals surface area contributed by atoms with Gasteiger partial charge in [-0.25, -0.2) is 4.79 Å². The summed E-state index contributed by atoms with van der Waals surface area (Å²) in [6.07, 6.45) is 1.82. The van der Waals surface area contributed by atoms with Gasteiger partial charge in [0.1, 0.15) is 11.5 Å². The van der Waals surface area contributed by atoms with Crippen LogP contribution in [0.5, 0.6) is 11.5 Å². The summed E-state index contributed by atoms with van der Waals surface area (Å²) in [7, 11) is 3.09. The van der Waals surface area contributed by atoms with Gasteiger partial charge in [-0.15, -0.1) is 0 Å². The molecule has 0 bridgehead atoms.